The third kappa shape index (κ3) is 4.32. The summed E-state index contributed by atoms with van der Waals surface area (Å²) in [6, 6.07) is 14.4. The van der Waals surface area contributed by atoms with Gasteiger partial charge in [-0.2, -0.15) is 5.48 Å². The Hall–Kier alpha value is -3.95. The van der Waals surface area contributed by atoms with Crippen LogP contribution in [0.1, 0.15) is 11.3 Å². The molecule has 0 atom stereocenters. The van der Waals surface area contributed by atoms with Gasteiger partial charge in [0.2, 0.25) is 0 Å². The SMILES string of the molecule is Cn1nnnc1NOC(=Cc1ccccc1)c1cccc(NC(=O)O)n1. The lowest BCUT2D eigenvalue weighted by molar-refractivity contribution is 0.209. The van der Waals surface area contributed by atoms with Crippen molar-refractivity contribution in [3.05, 3.63) is 59.8 Å². The van der Waals surface area contributed by atoms with Crippen LogP contribution in [0.5, 0.6) is 0 Å². The molecule has 0 saturated carbocycles. The Kier molecular flexibility index (Phi) is 5.03. The maximum absolute atomic E-state index is 10.8. The quantitative estimate of drug-likeness (QED) is 0.455. The van der Waals surface area contributed by atoms with Crippen molar-refractivity contribution in [1.82, 2.24) is 25.2 Å². The zero-order valence-electron chi connectivity index (χ0n) is 13.7. The lowest BCUT2D eigenvalue weighted by atomic mass is 10.2. The van der Waals surface area contributed by atoms with Gasteiger partial charge in [-0.25, -0.2) is 14.5 Å². The Morgan fingerprint density at radius 2 is 2.00 bits per heavy atom. The van der Waals surface area contributed by atoms with Gasteiger partial charge in [0.25, 0.3) is 5.95 Å². The monoisotopic (exact) mass is 353 g/mol. The maximum Gasteiger partial charge on any atom is 0.410 e. The minimum absolute atomic E-state index is 0.179. The van der Waals surface area contributed by atoms with Crippen molar-refractivity contribution < 1.29 is 14.7 Å². The van der Waals surface area contributed by atoms with Crippen LogP contribution in [0.15, 0.2) is 48.5 Å². The molecule has 1 aromatic carbocycles. The Labute approximate surface area is 148 Å². The fraction of sp³-hybridized carbons (Fsp3) is 0.0625. The summed E-state index contributed by atoms with van der Waals surface area (Å²) in [6.45, 7) is 0. The highest BCUT2D eigenvalue weighted by molar-refractivity contribution is 5.82. The van der Waals surface area contributed by atoms with Crippen LogP contribution in [0.2, 0.25) is 0 Å². The van der Waals surface area contributed by atoms with E-state index in [2.05, 4.69) is 31.3 Å². The second-order valence-corrected chi connectivity index (χ2v) is 5.09. The number of carboxylic acid groups (broad SMARTS) is 1. The van der Waals surface area contributed by atoms with Gasteiger partial charge in [-0.1, -0.05) is 41.5 Å². The summed E-state index contributed by atoms with van der Waals surface area (Å²) >= 11 is 0. The van der Waals surface area contributed by atoms with Crippen LogP contribution < -0.4 is 10.8 Å². The van der Waals surface area contributed by atoms with Crippen LogP contribution >= 0.6 is 0 Å². The number of amides is 1. The van der Waals surface area contributed by atoms with Crippen LogP contribution in [0.25, 0.3) is 11.8 Å². The number of anilines is 2. The molecule has 132 valence electrons. The summed E-state index contributed by atoms with van der Waals surface area (Å²) in [5, 5.41) is 22.1. The number of rotatable bonds is 6. The van der Waals surface area contributed by atoms with E-state index in [1.54, 1.807) is 25.3 Å². The normalized spacial score (nSPS) is 11.0. The molecule has 0 unspecified atom stereocenters. The summed E-state index contributed by atoms with van der Waals surface area (Å²) < 4.78 is 1.40. The largest absolute Gasteiger partial charge is 0.465 e. The fourth-order valence-electron chi connectivity index (χ4n) is 2.02. The van der Waals surface area contributed by atoms with E-state index in [-0.39, 0.29) is 5.82 Å². The highest BCUT2D eigenvalue weighted by Crippen LogP contribution is 2.20. The molecule has 10 heteroatoms. The number of pyridine rings is 1. The van der Waals surface area contributed by atoms with Crippen molar-refractivity contribution in [2.75, 3.05) is 10.8 Å². The number of nitrogens with zero attached hydrogens (tertiary/aromatic N) is 5. The molecule has 3 rings (SSSR count). The second-order valence-electron chi connectivity index (χ2n) is 5.09. The maximum atomic E-state index is 10.8. The average molecular weight is 353 g/mol. The number of hydrogen-bond donors (Lipinski definition) is 3. The zero-order chi connectivity index (χ0) is 18.4. The van der Waals surface area contributed by atoms with Crippen molar-refractivity contribution in [3.8, 4) is 0 Å². The molecule has 0 aliphatic carbocycles. The van der Waals surface area contributed by atoms with Crippen LogP contribution in [0.3, 0.4) is 0 Å². The minimum atomic E-state index is -1.20. The van der Waals surface area contributed by atoms with Gasteiger partial charge in [0.1, 0.15) is 11.5 Å². The van der Waals surface area contributed by atoms with Gasteiger partial charge in [-0.3, -0.25) is 5.32 Å². The van der Waals surface area contributed by atoms with Gasteiger partial charge in [-0.15, -0.1) is 0 Å². The fourth-order valence-corrected chi connectivity index (χ4v) is 2.02. The number of hydrogen-bond acceptors (Lipinski definition) is 7. The van der Waals surface area contributed by atoms with Crippen LogP contribution in [-0.4, -0.2) is 36.4 Å². The standard InChI is InChI=1S/C16H15N7O3/c1-23-15(19-21-22-23)20-26-13(10-11-6-3-2-4-7-11)12-8-5-9-14(17-12)18-16(24)25/h2-10H,1H3,(H,17,18)(H,24,25)(H,19,20,22). The van der Waals surface area contributed by atoms with Crippen molar-refractivity contribution in [2.24, 2.45) is 7.05 Å². The number of aromatic nitrogens is 5. The summed E-state index contributed by atoms with van der Waals surface area (Å²) in [6.07, 6.45) is 0.552. The lowest BCUT2D eigenvalue weighted by Gasteiger charge is -2.11. The number of benzene rings is 1. The highest BCUT2D eigenvalue weighted by Gasteiger charge is 2.10. The molecule has 0 spiro atoms. The smallest absolute Gasteiger partial charge is 0.410 e. The van der Waals surface area contributed by atoms with Gasteiger partial charge in [0.15, 0.2) is 5.76 Å². The third-order valence-electron chi connectivity index (χ3n) is 3.21. The van der Waals surface area contributed by atoms with E-state index in [4.69, 9.17) is 9.94 Å². The summed E-state index contributed by atoms with van der Waals surface area (Å²) in [5.74, 6) is 0.829. The van der Waals surface area contributed by atoms with Gasteiger partial charge in [-0.05, 0) is 34.2 Å². The topological polar surface area (TPSA) is 127 Å². The molecule has 0 saturated heterocycles. The average Bonchev–Trinajstić information content (AvgIpc) is 3.04. The molecule has 0 aliphatic rings. The van der Waals surface area contributed by atoms with Gasteiger partial charge in [0, 0.05) is 7.05 Å². The molecular weight excluding hydrogens is 338 g/mol. The number of carbonyl (C=O) groups is 1. The van der Waals surface area contributed by atoms with Crippen molar-refractivity contribution >= 4 is 29.7 Å². The van der Waals surface area contributed by atoms with Gasteiger partial charge in [0.05, 0.1) is 0 Å². The molecule has 2 aromatic heterocycles. The molecule has 26 heavy (non-hydrogen) atoms. The minimum Gasteiger partial charge on any atom is -0.465 e. The van der Waals surface area contributed by atoms with Crippen LogP contribution in [0.4, 0.5) is 16.6 Å². The van der Waals surface area contributed by atoms with Crippen molar-refractivity contribution in [3.63, 3.8) is 0 Å². The number of aryl methyl sites for hydroxylation is 1. The molecule has 0 bridgehead atoms. The van der Waals surface area contributed by atoms with Crippen molar-refractivity contribution in [2.45, 2.75) is 0 Å². The molecule has 3 N–H and O–H groups in total. The number of tetrazole rings is 1. The van der Waals surface area contributed by atoms with Crippen LogP contribution in [0, 0.1) is 0 Å². The molecular formula is C16H15N7O3. The molecule has 0 radical (unpaired) electrons. The Bertz CT molecular complexity index is 924. The van der Waals surface area contributed by atoms with E-state index in [9.17, 15) is 4.79 Å². The molecule has 10 nitrogen and oxygen atoms in total. The highest BCUT2D eigenvalue weighted by atomic mass is 16.7. The third-order valence-corrected chi connectivity index (χ3v) is 3.21. The second kappa shape index (κ2) is 7.75. The Morgan fingerprint density at radius 3 is 2.69 bits per heavy atom. The van der Waals surface area contributed by atoms with E-state index >= 15 is 0 Å². The van der Waals surface area contributed by atoms with E-state index in [0.717, 1.165) is 5.56 Å². The predicted molar refractivity (Wildman–Crippen MR) is 93.7 cm³/mol. The van der Waals surface area contributed by atoms with Crippen LogP contribution in [-0.2, 0) is 11.9 Å². The lowest BCUT2D eigenvalue weighted by Crippen LogP contribution is -2.11. The van der Waals surface area contributed by atoms with E-state index < -0.39 is 6.09 Å². The first-order chi connectivity index (χ1) is 12.6. The summed E-state index contributed by atoms with van der Waals surface area (Å²) in [5.41, 5.74) is 3.95. The predicted octanol–water partition coefficient (Wildman–Crippen LogP) is 2.24. The van der Waals surface area contributed by atoms with Gasteiger partial charge < -0.3 is 9.94 Å². The molecule has 3 aromatic rings. The van der Waals surface area contributed by atoms with E-state index in [0.29, 0.717) is 17.4 Å². The number of nitrogens with one attached hydrogen (secondary N) is 2. The molecule has 2 heterocycles. The van der Waals surface area contributed by atoms with E-state index in [1.165, 1.54) is 10.7 Å². The Balaban J connectivity index is 1.91. The Morgan fingerprint density at radius 1 is 1.19 bits per heavy atom. The van der Waals surface area contributed by atoms with Gasteiger partial charge >= 0.3 is 6.09 Å². The summed E-state index contributed by atoms with van der Waals surface area (Å²) in [4.78, 5) is 20.7. The zero-order valence-corrected chi connectivity index (χ0v) is 13.7. The molecule has 0 aliphatic heterocycles. The van der Waals surface area contributed by atoms with E-state index in [1.807, 2.05) is 30.3 Å². The van der Waals surface area contributed by atoms with Crippen molar-refractivity contribution in [1.29, 1.82) is 0 Å². The first-order valence-electron chi connectivity index (χ1n) is 7.51. The first-order valence-corrected chi connectivity index (χ1v) is 7.51. The molecule has 0 fully saturated rings. The summed E-state index contributed by atoms with van der Waals surface area (Å²) in [7, 11) is 1.65. The molecule has 1 amide bonds. The first kappa shape index (κ1) is 16.9.